The number of rotatable bonds is 6. The molecule has 1 aliphatic rings. The molecule has 0 spiro atoms. The molecule has 1 fully saturated rings. The first-order valence-corrected chi connectivity index (χ1v) is 11.3. The van der Waals surface area contributed by atoms with E-state index in [-0.39, 0.29) is 5.89 Å². The number of carbonyl (C=O) groups excluding carboxylic acids is 1. The van der Waals surface area contributed by atoms with Crippen molar-refractivity contribution < 1.29 is 17.6 Å². The van der Waals surface area contributed by atoms with E-state index in [0.29, 0.717) is 32.6 Å². The number of amides is 1. The minimum Gasteiger partial charge on any atom is -0.412 e. The van der Waals surface area contributed by atoms with Gasteiger partial charge in [0.15, 0.2) is 0 Å². The first-order valence-electron chi connectivity index (χ1n) is 9.68. The van der Waals surface area contributed by atoms with Crippen LogP contribution in [0.4, 0.5) is 5.69 Å². The van der Waals surface area contributed by atoms with Gasteiger partial charge in [0.1, 0.15) is 5.75 Å². The monoisotopic (exact) mass is 426 g/mol. The lowest BCUT2D eigenvalue weighted by atomic mass is 10.2. The smallest absolute Gasteiger partial charge is 0.336 e. The summed E-state index contributed by atoms with van der Waals surface area (Å²) in [6.45, 7) is 2.23. The van der Waals surface area contributed by atoms with Gasteiger partial charge in [-0.25, -0.2) is 8.42 Å². The molecule has 0 N–H and O–H groups in total. The average Bonchev–Trinajstić information content (AvgIpc) is 3.24. The molecule has 0 unspecified atom stereocenters. The fourth-order valence-electron chi connectivity index (χ4n) is 3.37. The summed E-state index contributed by atoms with van der Waals surface area (Å²) >= 11 is 0. The highest BCUT2D eigenvalue weighted by atomic mass is 32.2. The SMILES string of the molecule is O=C(CS(=O)(=O)c1nnc(Cc2ccccc2)o1)N1CCN(c2ccccc2)CC1. The Morgan fingerprint density at radius 2 is 1.53 bits per heavy atom. The molecule has 8 nitrogen and oxygen atoms in total. The Morgan fingerprint density at radius 1 is 0.900 bits per heavy atom. The third kappa shape index (κ3) is 4.68. The van der Waals surface area contributed by atoms with Gasteiger partial charge in [0.2, 0.25) is 21.6 Å². The van der Waals surface area contributed by atoms with E-state index in [0.717, 1.165) is 11.3 Å². The number of hydrogen-bond donors (Lipinski definition) is 0. The number of sulfone groups is 1. The summed E-state index contributed by atoms with van der Waals surface area (Å²) in [6.07, 6.45) is 0.332. The lowest BCUT2D eigenvalue weighted by Gasteiger charge is -2.36. The maximum absolute atomic E-state index is 12.6. The molecule has 2 heterocycles. The van der Waals surface area contributed by atoms with Crippen molar-refractivity contribution in [3.8, 4) is 0 Å². The summed E-state index contributed by atoms with van der Waals surface area (Å²) in [5.41, 5.74) is 2.02. The molecular weight excluding hydrogens is 404 g/mol. The molecule has 3 aromatic rings. The summed E-state index contributed by atoms with van der Waals surface area (Å²) in [5, 5.41) is 6.95. The van der Waals surface area contributed by atoms with E-state index in [9.17, 15) is 13.2 Å². The minimum absolute atomic E-state index is 0.198. The first kappa shape index (κ1) is 20.1. The Balaban J connectivity index is 1.35. The number of anilines is 1. The molecule has 0 aliphatic carbocycles. The van der Waals surface area contributed by atoms with Gasteiger partial charge in [-0.2, -0.15) is 0 Å². The van der Waals surface area contributed by atoms with Crippen molar-refractivity contribution in [1.29, 1.82) is 0 Å². The number of para-hydroxylation sites is 1. The van der Waals surface area contributed by atoms with E-state index in [1.54, 1.807) is 4.90 Å². The zero-order valence-corrected chi connectivity index (χ0v) is 17.2. The second-order valence-corrected chi connectivity index (χ2v) is 8.95. The molecule has 1 amide bonds. The molecule has 4 rings (SSSR count). The highest BCUT2D eigenvalue weighted by molar-refractivity contribution is 7.91. The van der Waals surface area contributed by atoms with E-state index in [1.165, 1.54) is 0 Å². The van der Waals surface area contributed by atoms with Gasteiger partial charge in [-0.15, -0.1) is 5.10 Å². The number of benzene rings is 2. The van der Waals surface area contributed by atoms with E-state index in [1.807, 2.05) is 60.7 Å². The van der Waals surface area contributed by atoms with Crippen molar-refractivity contribution in [2.75, 3.05) is 36.8 Å². The summed E-state index contributed by atoms with van der Waals surface area (Å²) < 4.78 is 30.5. The van der Waals surface area contributed by atoms with Crippen molar-refractivity contribution in [3.05, 3.63) is 72.1 Å². The quantitative estimate of drug-likeness (QED) is 0.593. The summed E-state index contributed by atoms with van der Waals surface area (Å²) in [7, 11) is -3.99. The van der Waals surface area contributed by atoms with Gasteiger partial charge in [0.05, 0.1) is 6.42 Å². The van der Waals surface area contributed by atoms with Crippen LogP contribution in [0, 0.1) is 0 Å². The van der Waals surface area contributed by atoms with Gasteiger partial charge in [-0.3, -0.25) is 4.79 Å². The van der Waals surface area contributed by atoms with Crippen molar-refractivity contribution in [3.63, 3.8) is 0 Å². The second kappa shape index (κ2) is 8.66. The Hall–Kier alpha value is -3.20. The molecule has 1 aromatic heterocycles. The van der Waals surface area contributed by atoms with Crippen LogP contribution in [-0.4, -0.2) is 61.4 Å². The first-order chi connectivity index (χ1) is 14.5. The summed E-state index contributed by atoms with van der Waals surface area (Å²) in [4.78, 5) is 16.3. The molecule has 2 aromatic carbocycles. The number of aromatic nitrogens is 2. The van der Waals surface area contributed by atoms with E-state index < -0.39 is 26.7 Å². The van der Waals surface area contributed by atoms with E-state index >= 15 is 0 Å². The van der Waals surface area contributed by atoms with Crippen molar-refractivity contribution in [2.24, 2.45) is 0 Å². The Labute approximate surface area is 175 Å². The van der Waals surface area contributed by atoms with Crippen LogP contribution in [0.15, 0.2) is 70.3 Å². The van der Waals surface area contributed by atoms with Crippen LogP contribution in [-0.2, 0) is 21.1 Å². The Kier molecular flexibility index (Phi) is 5.80. The van der Waals surface area contributed by atoms with Crippen molar-refractivity contribution in [2.45, 2.75) is 11.6 Å². The molecule has 1 saturated heterocycles. The summed E-state index contributed by atoms with van der Waals surface area (Å²) in [5.74, 6) is -0.931. The molecular formula is C21H22N4O4S. The summed E-state index contributed by atoms with van der Waals surface area (Å²) in [6, 6.07) is 19.3. The zero-order chi connectivity index (χ0) is 21.0. The van der Waals surface area contributed by atoms with Gasteiger partial charge < -0.3 is 14.2 Å². The van der Waals surface area contributed by atoms with Crippen LogP contribution in [0.2, 0.25) is 0 Å². The fraction of sp³-hybridized carbons (Fsp3) is 0.286. The Bertz CT molecular complexity index is 1090. The van der Waals surface area contributed by atoms with Gasteiger partial charge in [-0.05, 0) is 17.7 Å². The number of hydrogen-bond acceptors (Lipinski definition) is 7. The third-order valence-electron chi connectivity index (χ3n) is 4.98. The molecule has 30 heavy (non-hydrogen) atoms. The highest BCUT2D eigenvalue weighted by Crippen LogP contribution is 2.17. The molecule has 0 bridgehead atoms. The molecule has 9 heteroatoms. The Morgan fingerprint density at radius 3 is 2.20 bits per heavy atom. The topological polar surface area (TPSA) is 96.6 Å². The van der Waals surface area contributed by atoms with Gasteiger partial charge >= 0.3 is 5.22 Å². The van der Waals surface area contributed by atoms with Gasteiger partial charge in [-0.1, -0.05) is 53.6 Å². The zero-order valence-electron chi connectivity index (χ0n) is 16.3. The van der Waals surface area contributed by atoms with Crippen LogP contribution in [0.1, 0.15) is 11.5 Å². The van der Waals surface area contributed by atoms with Crippen LogP contribution in [0.25, 0.3) is 0 Å². The van der Waals surface area contributed by atoms with E-state index in [4.69, 9.17) is 4.42 Å². The van der Waals surface area contributed by atoms with E-state index in [2.05, 4.69) is 15.1 Å². The maximum Gasteiger partial charge on any atom is 0.336 e. The molecule has 156 valence electrons. The average molecular weight is 426 g/mol. The van der Waals surface area contributed by atoms with Crippen LogP contribution < -0.4 is 4.90 Å². The van der Waals surface area contributed by atoms with Crippen LogP contribution >= 0.6 is 0 Å². The largest absolute Gasteiger partial charge is 0.412 e. The van der Waals surface area contributed by atoms with Gasteiger partial charge in [0.25, 0.3) is 0 Å². The maximum atomic E-state index is 12.6. The second-order valence-electron chi connectivity index (χ2n) is 7.09. The molecule has 0 atom stereocenters. The molecule has 1 aliphatic heterocycles. The predicted octanol–water partition coefficient (Wildman–Crippen LogP) is 1.78. The number of nitrogens with zero attached hydrogens (tertiary/aromatic N) is 4. The fourth-order valence-corrected chi connectivity index (χ4v) is 4.39. The highest BCUT2D eigenvalue weighted by Gasteiger charge is 2.30. The van der Waals surface area contributed by atoms with Crippen molar-refractivity contribution >= 4 is 21.4 Å². The van der Waals surface area contributed by atoms with Crippen LogP contribution in [0.5, 0.6) is 0 Å². The molecule has 0 saturated carbocycles. The van der Waals surface area contributed by atoms with Crippen molar-refractivity contribution in [1.82, 2.24) is 15.1 Å². The molecule has 0 radical (unpaired) electrons. The number of piperazine rings is 1. The van der Waals surface area contributed by atoms with Crippen LogP contribution in [0.3, 0.4) is 0 Å². The number of carbonyl (C=O) groups is 1. The predicted molar refractivity (Wildman–Crippen MR) is 111 cm³/mol. The normalized spacial score (nSPS) is 14.7. The van der Waals surface area contributed by atoms with Gasteiger partial charge in [0, 0.05) is 31.9 Å². The lowest BCUT2D eigenvalue weighted by molar-refractivity contribution is -0.128. The standard InChI is InChI=1S/C21H22N4O4S/c26-20(25-13-11-24(12-14-25)18-9-5-2-6-10-18)16-30(27,28)21-23-22-19(29-21)15-17-7-3-1-4-8-17/h1-10H,11-16H2. The minimum atomic E-state index is -3.99. The lowest BCUT2D eigenvalue weighted by Crippen LogP contribution is -2.50. The third-order valence-corrected chi connectivity index (χ3v) is 6.30.